The molecule has 88 valence electrons. The smallest absolute Gasteiger partial charge is 0.235 e. The van der Waals surface area contributed by atoms with Gasteiger partial charge in [0, 0.05) is 5.69 Å². The molecule has 1 rings (SSSR count). The minimum absolute atomic E-state index is 0.0160. The number of nitrogen functional groups attached to an aromatic ring is 1. The van der Waals surface area contributed by atoms with Crippen molar-refractivity contribution in [2.45, 2.75) is 17.1 Å². The molecule has 0 aliphatic rings. The summed E-state index contributed by atoms with van der Waals surface area (Å²) in [6, 6.07) is 4.03. The Morgan fingerprint density at radius 2 is 2.00 bits per heavy atom. The molecular weight excluding hydrogens is 252 g/mol. The maximum Gasteiger partial charge on any atom is 0.235 e. The van der Waals surface area contributed by atoms with Crippen LogP contribution in [0.3, 0.4) is 0 Å². The first-order chi connectivity index (χ1) is 7.26. The van der Waals surface area contributed by atoms with Gasteiger partial charge in [-0.1, -0.05) is 11.6 Å². The van der Waals surface area contributed by atoms with Crippen molar-refractivity contribution >= 4 is 33.0 Å². The van der Waals surface area contributed by atoms with E-state index in [1.54, 1.807) is 0 Å². The lowest BCUT2D eigenvalue weighted by molar-refractivity contribution is -0.117. The molecular formula is C9H11ClN2O3S. The van der Waals surface area contributed by atoms with E-state index in [9.17, 15) is 13.2 Å². The average Bonchev–Trinajstić information content (AvgIpc) is 2.20. The summed E-state index contributed by atoms with van der Waals surface area (Å²) in [6.07, 6.45) is 0. The highest BCUT2D eigenvalue weighted by atomic mass is 35.5. The van der Waals surface area contributed by atoms with Gasteiger partial charge in [0.25, 0.3) is 0 Å². The predicted molar refractivity (Wildman–Crippen MR) is 61.7 cm³/mol. The largest absolute Gasteiger partial charge is 0.399 e. The lowest BCUT2D eigenvalue weighted by atomic mass is 10.3. The summed E-state index contributed by atoms with van der Waals surface area (Å²) in [5, 5.41) is -1.32. The van der Waals surface area contributed by atoms with E-state index in [0.29, 0.717) is 0 Å². The zero-order valence-electron chi connectivity index (χ0n) is 8.48. The maximum atomic E-state index is 11.9. The number of halogens is 1. The van der Waals surface area contributed by atoms with E-state index in [1.165, 1.54) is 25.1 Å². The van der Waals surface area contributed by atoms with Crippen molar-refractivity contribution in [3.05, 3.63) is 23.2 Å². The van der Waals surface area contributed by atoms with E-state index in [-0.39, 0.29) is 15.6 Å². The van der Waals surface area contributed by atoms with Crippen molar-refractivity contribution < 1.29 is 13.2 Å². The summed E-state index contributed by atoms with van der Waals surface area (Å²) < 4.78 is 23.8. The summed E-state index contributed by atoms with van der Waals surface area (Å²) in [5.74, 6) is -0.932. The van der Waals surface area contributed by atoms with Crippen LogP contribution in [0, 0.1) is 0 Å². The molecule has 0 saturated carbocycles. The summed E-state index contributed by atoms with van der Waals surface area (Å²) in [7, 11) is -3.88. The molecule has 0 aliphatic carbocycles. The van der Waals surface area contributed by atoms with E-state index in [0.717, 1.165) is 0 Å². The van der Waals surface area contributed by atoms with Crippen LogP contribution in [0.4, 0.5) is 5.69 Å². The van der Waals surface area contributed by atoms with Crippen LogP contribution in [0.25, 0.3) is 0 Å². The van der Waals surface area contributed by atoms with E-state index in [4.69, 9.17) is 23.1 Å². The number of amides is 1. The highest BCUT2D eigenvalue weighted by molar-refractivity contribution is 7.92. The molecule has 0 aromatic heterocycles. The monoisotopic (exact) mass is 262 g/mol. The van der Waals surface area contributed by atoms with Gasteiger partial charge in [-0.15, -0.1) is 0 Å². The van der Waals surface area contributed by atoms with Gasteiger partial charge >= 0.3 is 0 Å². The molecule has 0 saturated heterocycles. The fourth-order valence-corrected chi connectivity index (χ4v) is 2.85. The topological polar surface area (TPSA) is 103 Å². The highest BCUT2D eigenvalue weighted by Gasteiger charge is 2.29. The van der Waals surface area contributed by atoms with E-state index in [1.807, 2.05) is 0 Å². The number of anilines is 1. The summed E-state index contributed by atoms with van der Waals surface area (Å²) >= 11 is 5.74. The predicted octanol–water partition coefficient (Wildman–Crippen LogP) is 0.570. The van der Waals surface area contributed by atoms with E-state index in [2.05, 4.69) is 0 Å². The molecule has 16 heavy (non-hydrogen) atoms. The molecule has 5 nitrogen and oxygen atoms in total. The Kier molecular flexibility index (Phi) is 3.44. The normalized spacial score (nSPS) is 13.4. The number of carbonyl (C=O) groups is 1. The summed E-state index contributed by atoms with van der Waals surface area (Å²) in [5.41, 5.74) is 10.7. The molecule has 0 fully saturated rings. The number of primary amides is 1. The second-order valence-electron chi connectivity index (χ2n) is 3.28. The van der Waals surface area contributed by atoms with Crippen molar-refractivity contribution in [1.29, 1.82) is 0 Å². The molecule has 1 aromatic rings. The maximum absolute atomic E-state index is 11.9. The Hall–Kier alpha value is -1.27. The summed E-state index contributed by atoms with van der Waals surface area (Å²) in [6.45, 7) is 1.21. The second-order valence-corrected chi connectivity index (χ2v) is 5.92. The van der Waals surface area contributed by atoms with Crippen LogP contribution in [0.2, 0.25) is 5.02 Å². The van der Waals surface area contributed by atoms with Crippen LogP contribution in [-0.2, 0) is 14.6 Å². The van der Waals surface area contributed by atoms with Gasteiger partial charge in [-0.3, -0.25) is 4.79 Å². The zero-order valence-corrected chi connectivity index (χ0v) is 10.0. The number of sulfone groups is 1. The number of hydrogen-bond donors (Lipinski definition) is 2. The van der Waals surface area contributed by atoms with Crippen LogP contribution < -0.4 is 11.5 Å². The SMILES string of the molecule is CC(C(N)=O)S(=O)(=O)c1cc(N)ccc1Cl. The second kappa shape index (κ2) is 4.31. The number of benzene rings is 1. The fourth-order valence-electron chi connectivity index (χ4n) is 1.08. The van der Waals surface area contributed by atoms with Gasteiger partial charge in [0.1, 0.15) is 5.25 Å². The van der Waals surface area contributed by atoms with E-state index >= 15 is 0 Å². The minimum atomic E-state index is -3.88. The molecule has 0 radical (unpaired) electrons. The van der Waals surface area contributed by atoms with Crippen molar-refractivity contribution in [2.24, 2.45) is 5.73 Å². The number of rotatable bonds is 3. The van der Waals surface area contributed by atoms with Crippen LogP contribution in [0.15, 0.2) is 23.1 Å². The van der Waals surface area contributed by atoms with Crippen molar-refractivity contribution in [1.82, 2.24) is 0 Å². The van der Waals surface area contributed by atoms with E-state index < -0.39 is 21.0 Å². The first kappa shape index (κ1) is 12.8. The van der Waals surface area contributed by atoms with Gasteiger partial charge in [-0.25, -0.2) is 8.42 Å². The fraction of sp³-hybridized carbons (Fsp3) is 0.222. The molecule has 4 N–H and O–H groups in total. The van der Waals surface area contributed by atoms with Crippen molar-refractivity contribution in [2.75, 3.05) is 5.73 Å². The first-order valence-electron chi connectivity index (χ1n) is 4.35. The van der Waals surface area contributed by atoms with Gasteiger partial charge in [-0.05, 0) is 25.1 Å². The Balaban J connectivity index is 3.38. The van der Waals surface area contributed by atoms with Gasteiger partial charge in [0.2, 0.25) is 5.91 Å². The minimum Gasteiger partial charge on any atom is -0.399 e. The third-order valence-electron chi connectivity index (χ3n) is 2.13. The Labute approximate surface area is 98.3 Å². The molecule has 0 bridgehead atoms. The third kappa shape index (κ3) is 2.28. The van der Waals surface area contributed by atoms with Gasteiger partial charge in [0.05, 0.1) is 9.92 Å². The Morgan fingerprint density at radius 1 is 1.44 bits per heavy atom. The van der Waals surface area contributed by atoms with Gasteiger partial charge in [0.15, 0.2) is 9.84 Å². The van der Waals surface area contributed by atoms with Crippen molar-refractivity contribution in [3.8, 4) is 0 Å². The average molecular weight is 263 g/mol. The first-order valence-corrected chi connectivity index (χ1v) is 6.27. The molecule has 1 unspecified atom stereocenters. The molecule has 0 aliphatic heterocycles. The number of nitrogens with two attached hydrogens (primary N) is 2. The van der Waals surface area contributed by atoms with Crippen molar-refractivity contribution in [3.63, 3.8) is 0 Å². The molecule has 1 aromatic carbocycles. The molecule has 1 atom stereocenters. The van der Waals surface area contributed by atoms with Crippen LogP contribution in [0.5, 0.6) is 0 Å². The van der Waals surface area contributed by atoms with Crippen LogP contribution in [-0.4, -0.2) is 19.6 Å². The molecule has 0 spiro atoms. The lowest BCUT2D eigenvalue weighted by Crippen LogP contribution is -2.33. The number of hydrogen-bond acceptors (Lipinski definition) is 4. The summed E-state index contributed by atoms with van der Waals surface area (Å²) in [4.78, 5) is 10.7. The quantitative estimate of drug-likeness (QED) is 0.777. The van der Waals surface area contributed by atoms with Gasteiger partial charge < -0.3 is 11.5 Å². The third-order valence-corrected chi connectivity index (χ3v) is 4.68. The van der Waals surface area contributed by atoms with Crippen LogP contribution in [0.1, 0.15) is 6.92 Å². The molecule has 1 amide bonds. The highest BCUT2D eigenvalue weighted by Crippen LogP contribution is 2.26. The zero-order chi connectivity index (χ0) is 12.5. The molecule has 0 heterocycles. The number of carbonyl (C=O) groups excluding carboxylic acids is 1. The molecule has 7 heteroatoms. The van der Waals surface area contributed by atoms with Gasteiger partial charge in [-0.2, -0.15) is 0 Å². The lowest BCUT2D eigenvalue weighted by Gasteiger charge is -2.11. The van der Waals surface area contributed by atoms with Crippen LogP contribution >= 0.6 is 11.6 Å². The Bertz CT molecular complexity index is 528. The standard InChI is InChI=1S/C9H11ClN2O3S/c1-5(9(12)13)16(14,15)8-4-6(11)2-3-7(8)10/h2-5H,11H2,1H3,(H2,12,13). The Morgan fingerprint density at radius 3 is 2.50 bits per heavy atom.